The van der Waals surface area contributed by atoms with Crippen LogP contribution in [0, 0.1) is 5.92 Å². The molecule has 1 unspecified atom stereocenters. The zero-order valence-corrected chi connectivity index (χ0v) is 14.6. The number of esters is 1. The largest absolute Gasteiger partial charge is 0.466 e. The van der Waals surface area contributed by atoms with Crippen molar-refractivity contribution in [2.75, 3.05) is 20.2 Å². The number of Topliss-reactive ketones (excluding diaryl/α,β-unsaturated/α-hetero) is 1. The smallest absolute Gasteiger partial charge is 0.410 e. The van der Waals surface area contributed by atoms with Crippen molar-refractivity contribution in [1.29, 1.82) is 0 Å². The number of rotatable bonds is 8. The average molecular weight is 315 g/mol. The Morgan fingerprint density at radius 3 is 2.18 bits per heavy atom. The maximum atomic E-state index is 12.0. The summed E-state index contributed by atoms with van der Waals surface area (Å²) in [5.41, 5.74) is -0.546. The van der Waals surface area contributed by atoms with Gasteiger partial charge in [0.05, 0.1) is 6.61 Å². The molecule has 0 rings (SSSR count). The van der Waals surface area contributed by atoms with Crippen LogP contribution in [0.1, 0.15) is 53.9 Å². The lowest BCUT2D eigenvalue weighted by atomic mass is 9.95. The van der Waals surface area contributed by atoms with E-state index in [0.717, 1.165) is 0 Å². The molecular formula is C16H29NO5. The standard InChI is InChI=1S/C16H29NO5/c1-7-12(13(18)11-14(19)21-8-2)9-10-17(6)15(20)22-16(3,4)5/h12H,7-11H2,1-6H3. The van der Waals surface area contributed by atoms with Crippen molar-refractivity contribution in [3.63, 3.8) is 0 Å². The Balaban J connectivity index is 4.36. The second-order valence-electron chi connectivity index (χ2n) is 6.24. The van der Waals surface area contributed by atoms with Crippen LogP contribution in [-0.2, 0) is 19.1 Å². The molecule has 0 heterocycles. The van der Waals surface area contributed by atoms with Crippen LogP contribution in [0.25, 0.3) is 0 Å². The van der Waals surface area contributed by atoms with Gasteiger partial charge >= 0.3 is 12.1 Å². The molecule has 0 saturated carbocycles. The van der Waals surface area contributed by atoms with Crippen molar-refractivity contribution in [1.82, 2.24) is 4.90 Å². The van der Waals surface area contributed by atoms with Crippen LogP contribution in [-0.4, -0.2) is 48.5 Å². The van der Waals surface area contributed by atoms with E-state index in [1.165, 1.54) is 4.90 Å². The van der Waals surface area contributed by atoms with Gasteiger partial charge in [0.15, 0.2) is 0 Å². The lowest BCUT2D eigenvalue weighted by molar-refractivity contribution is -0.146. The highest BCUT2D eigenvalue weighted by atomic mass is 16.6. The van der Waals surface area contributed by atoms with Gasteiger partial charge in [0.25, 0.3) is 0 Å². The fraction of sp³-hybridized carbons (Fsp3) is 0.812. The number of nitrogens with zero attached hydrogens (tertiary/aromatic N) is 1. The second-order valence-corrected chi connectivity index (χ2v) is 6.24. The molecule has 0 N–H and O–H groups in total. The fourth-order valence-corrected chi connectivity index (χ4v) is 1.87. The molecule has 6 heteroatoms. The topological polar surface area (TPSA) is 72.9 Å². The van der Waals surface area contributed by atoms with Gasteiger partial charge in [-0.1, -0.05) is 6.92 Å². The van der Waals surface area contributed by atoms with E-state index in [0.29, 0.717) is 19.4 Å². The lowest BCUT2D eigenvalue weighted by Gasteiger charge is -2.25. The molecule has 0 radical (unpaired) electrons. The molecule has 0 aromatic carbocycles. The number of hydrogen-bond donors (Lipinski definition) is 0. The summed E-state index contributed by atoms with van der Waals surface area (Å²) >= 11 is 0. The predicted octanol–water partition coefficient (Wildman–Crippen LogP) is 2.79. The molecule has 22 heavy (non-hydrogen) atoms. The molecular weight excluding hydrogens is 286 g/mol. The number of ether oxygens (including phenoxy) is 2. The minimum atomic E-state index is -0.546. The van der Waals surface area contributed by atoms with Crippen molar-refractivity contribution >= 4 is 17.8 Å². The minimum absolute atomic E-state index is 0.140. The molecule has 0 spiro atoms. The van der Waals surface area contributed by atoms with Crippen molar-refractivity contribution in [2.24, 2.45) is 5.92 Å². The highest BCUT2D eigenvalue weighted by Crippen LogP contribution is 2.15. The number of carbonyl (C=O) groups is 3. The Morgan fingerprint density at radius 1 is 1.14 bits per heavy atom. The minimum Gasteiger partial charge on any atom is -0.466 e. The molecule has 0 aliphatic heterocycles. The first-order valence-corrected chi connectivity index (χ1v) is 7.73. The Labute approximate surface area is 133 Å². The average Bonchev–Trinajstić information content (AvgIpc) is 2.37. The number of carbonyl (C=O) groups excluding carboxylic acids is 3. The van der Waals surface area contributed by atoms with Gasteiger partial charge in [-0.25, -0.2) is 4.79 Å². The number of ketones is 1. The van der Waals surface area contributed by atoms with Crippen LogP contribution in [0.2, 0.25) is 0 Å². The van der Waals surface area contributed by atoms with Gasteiger partial charge in [-0.2, -0.15) is 0 Å². The summed E-state index contributed by atoms with van der Waals surface area (Å²) in [6.07, 6.45) is 0.507. The molecule has 6 nitrogen and oxygen atoms in total. The number of amides is 1. The van der Waals surface area contributed by atoms with Gasteiger partial charge < -0.3 is 14.4 Å². The highest BCUT2D eigenvalue weighted by Gasteiger charge is 2.23. The first kappa shape index (κ1) is 20.4. The zero-order valence-electron chi connectivity index (χ0n) is 14.6. The van der Waals surface area contributed by atoms with Crippen LogP contribution in [0.5, 0.6) is 0 Å². The van der Waals surface area contributed by atoms with E-state index in [4.69, 9.17) is 9.47 Å². The maximum Gasteiger partial charge on any atom is 0.410 e. The Kier molecular flexibility index (Phi) is 8.75. The Hall–Kier alpha value is -1.59. The SMILES string of the molecule is CCOC(=O)CC(=O)C(CC)CCN(C)C(=O)OC(C)(C)C. The van der Waals surface area contributed by atoms with Gasteiger partial charge in [-0.15, -0.1) is 0 Å². The fourth-order valence-electron chi connectivity index (χ4n) is 1.87. The molecule has 0 fully saturated rings. The summed E-state index contributed by atoms with van der Waals surface area (Å²) in [5, 5.41) is 0. The summed E-state index contributed by atoms with van der Waals surface area (Å²) in [7, 11) is 1.64. The van der Waals surface area contributed by atoms with Crippen LogP contribution >= 0.6 is 0 Å². The molecule has 0 aliphatic carbocycles. The third kappa shape index (κ3) is 8.64. The van der Waals surface area contributed by atoms with Crippen molar-refractivity contribution in [3.8, 4) is 0 Å². The van der Waals surface area contributed by atoms with Gasteiger partial charge in [0, 0.05) is 19.5 Å². The summed E-state index contributed by atoms with van der Waals surface area (Å²) in [5.74, 6) is -0.890. The second kappa shape index (κ2) is 9.43. The van der Waals surface area contributed by atoms with Crippen molar-refractivity contribution in [2.45, 2.75) is 59.5 Å². The van der Waals surface area contributed by atoms with Crippen LogP contribution < -0.4 is 0 Å². The summed E-state index contributed by atoms with van der Waals surface area (Å²) in [6, 6.07) is 0. The van der Waals surface area contributed by atoms with Crippen LogP contribution in [0.3, 0.4) is 0 Å². The third-order valence-corrected chi connectivity index (χ3v) is 3.09. The summed E-state index contributed by atoms with van der Waals surface area (Å²) < 4.78 is 10.0. The molecule has 0 aliphatic rings. The monoisotopic (exact) mass is 315 g/mol. The maximum absolute atomic E-state index is 12.0. The van der Waals surface area contributed by atoms with E-state index < -0.39 is 17.7 Å². The number of hydrogen-bond acceptors (Lipinski definition) is 5. The van der Waals surface area contributed by atoms with Crippen molar-refractivity contribution < 1.29 is 23.9 Å². The molecule has 1 atom stereocenters. The molecule has 0 saturated heterocycles. The van der Waals surface area contributed by atoms with Gasteiger partial charge in [0.2, 0.25) is 0 Å². The van der Waals surface area contributed by atoms with Gasteiger partial charge in [-0.3, -0.25) is 9.59 Å². The van der Waals surface area contributed by atoms with Gasteiger partial charge in [0.1, 0.15) is 17.8 Å². The van der Waals surface area contributed by atoms with E-state index in [1.807, 2.05) is 6.92 Å². The van der Waals surface area contributed by atoms with Gasteiger partial charge in [-0.05, 0) is 40.5 Å². The van der Waals surface area contributed by atoms with Crippen LogP contribution in [0.15, 0.2) is 0 Å². The molecule has 1 amide bonds. The first-order chi connectivity index (χ1) is 10.1. The predicted molar refractivity (Wildman–Crippen MR) is 83.5 cm³/mol. The highest BCUT2D eigenvalue weighted by molar-refractivity contribution is 5.96. The van der Waals surface area contributed by atoms with E-state index in [2.05, 4.69) is 0 Å². The van der Waals surface area contributed by atoms with Crippen LogP contribution in [0.4, 0.5) is 4.79 Å². The molecule has 0 aromatic rings. The Morgan fingerprint density at radius 2 is 1.73 bits per heavy atom. The molecule has 128 valence electrons. The zero-order chi connectivity index (χ0) is 17.3. The lowest BCUT2D eigenvalue weighted by Crippen LogP contribution is -2.35. The Bertz CT molecular complexity index is 386. The quantitative estimate of drug-likeness (QED) is 0.508. The first-order valence-electron chi connectivity index (χ1n) is 7.73. The normalized spacial score (nSPS) is 12.5. The third-order valence-electron chi connectivity index (χ3n) is 3.09. The summed E-state index contributed by atoms with van der Waals surface area (Å²) in [6.45, 7) is 9.67. The van der Waals surface area contributed by atoms with E-state index in [-0.39, 0.29) is 24.7 Å². The van der Waals surface area contributed by atoms with Crippen molar-refractivity contribution in [3.05, 3.63) is 0 Å². The molecule has 0 aromatic heterocycles. The molecule has 0 bridgehead atoms. The van der Waals surface area contributed by atoms with E-state index in [9.17, 15) is 14.4 Å². The summed E-state index contributed by atoms with van der Waals surface area (Å²) in [4.78, 5) is 36.7. The van der Waals surface area contributed by atoms with E-state index in [1.54, 1.807) is 34.7 Å². The van der Waals surface area contributed by atoms with E-state index >= 15 is 0 Å².